The Kier molecular flexibility index (Phi) is 10.6. The molecule has 1 atom stereocenters. The van der Waals surface area contributed by atoms with Crippen LogP contribution in [0.2, 0.25) is 15.1 Å². The summed E-state index contributed by atoms with van der Waals surface area (Å²) >= 11 is 20.1. The summed E-state index contributed by atoms with van der Waals surface area (Å²) in [4.78, 5) is 31.7. The highest BCUT2D eigenvalue weighted by molar-refractivity contribution is 7.07. The van der Waals surface area contributed by atoms with Crippen molar-refractivity contribution in [2.75, 3.05) is 27.4 Å². The minimum absolute atomic E-state index is 0.128. The molecule has 9 nitrogen and oxygen atoms in total. The Labute approximate surface area is 283 Å². The van der Waals surface area contributed by atoms with Crippen LogP contribution in [0.1, 0.15) is 36.6 Å². The van der Waals surface area contributed by atoms with Crippen molar-refractivity contribution >= 4 is 58.2 Å². The normalized spacial score (nSPS) is 14.2. The van der Waals surface area contributed by atoms with E-state index in [0.29, 0.717) is 66.7 Å². The van der Waals surface area contributed by atoms with Crippen molar-refractivity contribution < 1.29 is 28.5 Å². The number of ether oxygens (including phenoxy) is 5. The van der Waals surface area contributed by atoms with Gasteiger partial charge in [0.1, 0.15) is 6.61 Å². The van der Waals surface area contributed by atoms with E-state index in [2.05, 4.69) is 4.99 Å². The third-order valence-electron chi connectivity index (χ3n) is 6.94. The van der Waals surface area contributed by atoms with Crippen LogP contribution in [-0.2, 0) is 16.1 Å². The molecular weight excluding hydrogens is 675 g/mol. The Hall–Kier alpha value is -3.96. The Balaban J connectivity index is 1.56. The largest absolute Gasteiger partial charge is 0.493 e. The van der Waals surface area contributed by atoms with Crippen LogP contribution in [0.15, 0.2) is 70.1 Å². The molecule has 13 heteroatoms. The van der Waals surface area contributed by atoms with Gasteiger partial charge in [0.2, 0.25) is 0 Å². The first kappa shape index (κ1) is 33.4. The number of nitrogens with zero attached hydrogens (tertiary/aromatic N) is 2. The number of fused-ring (bicyclic) bond motifs is 1. The predicted molar refractivity (Wildman–Crippen MR) is 179 cm³/mol. The van der Waals surface area contributed by atoms with E-state index < -0.39 is 12.0 Å². The zero-order valence-corrected chi connectivity index (χ0v) is 28.4. The number of rotatable bonds is 11. The van der Waals surface area contributed by atoms with Gasteiger partial charge in [0, 0.05) is 21.8 Å². The lowest BCUT2D eigenvalue weighted by molar-refractivity contribution is -0.136. The first-order chi connectivity index (χ1) is 22.2. The van der Waals surface area contributed by atoms with Crippen molar-refractivity contribution in [2.45, 2.75) is 26.5 Å². The Bertz CT molecular complexity index is 2010. The quantitative estimate of drug-likeness (QED) is 0.168. The molecule has 0 saturated carbocycles. The average Bonchev–Trinajstić information content (AvgIpc) is 3.35. The zero-order chi connectivity index (χ0) is 33.0. The molecule has 2 heterocycles. The molecular formula is C33H29Cl3N2O7S. The minimum Gasteiger partial charge on any atom is -0.493 e. The van der Waals surface area contributed by atoms with Gasteiger partial charge in [0.25, 0.3) is 5.56 Å². The fourth-order valence-electron chi connectivity index (χ4n) is 4.89. The number of aromatic nitrogens is 1. The van der Waals surface area contributed by atoms with Crippen LogP contribution in [0.25, 0.3) is 6.08 Å². The highest BCUT2D eigenvalue weighted by atomic mass is 35.5. The second-order valence-corrected chi connectivity index (χ2v) is 12.1. The molecule has 1 aromatic heterocycles. The van der Waals surface area contributed by atoms with Crippen LogP contribution in [-0.4, -0.2) is 38.0 Å². The minimum atomic E-state index is -0.825. The summed E-state index contributed by atoms with van der Waals surface area (Å²) < 4.78 is 30.0. The maximum atomic E-state index is 14.0. The molecule has 0 N–H and O–H groups in total. The van der Waals surface area contributed by atoms with Gasteiger partial charge in [-0.2, -0.15) is 0 Å². The summed E-state index contributed by atoms with van der Waals surface area (Å²) in [6.45, 7) is 4.71. The molecule has 0 fully saturated rings. The molecule has 3 aromatic carbocycles. The lowest BCUT2D eigenvalue weighted by atomic mass is 9.97. The molecule has 1 aliphatic rings. The number of carbonyl (C=O) groups is 1. The first-order valence-corrected chi connectivity index (χ1v) is 16.1. The molecule has 0 spiro atoms. The zero-order valence-electron chi connectivity index (χ0n) is 25.3. The standard InChI is InChI=1S/C33H29Cl3N2O7S/c1-5-43-25-10-8-19(14-26(25)44-6-2)29-22(32(40)42-4)16-37-33-38(29)31(39)28(46-33)13-18-11-24(36)30(27(12-18)41-3)45-17-20-7-9-21(34)15-23(20)35/h7-16,29H,5-6,17H2,1-4H3/b28-13-/t29-/m1/s1. The van der Waals surface area contributed by atoms with Crippen LogP contribution in [0, 0.1) is 0 Å². The number of hydrogen-bond donors (Lipinski definition) is 0. The summed E-state index contributed by atoms with van der Waals surface area (Å²) in [5.41, 5.74) is 1.77. The molecule has 0 unspecified atom stereocenters. The smallest absolute Gasteiger partial charge is 0.337 e. The number of carbonyl (C=O) groups excluding carboxylic acids is 1. The van der Waals surface area contributed by atoms with Crippen LogP contribution in [0.4, 0.5) is 0 Å². The lowest BCUT2D eigenvalue weighted by Gasteiger charge is -2.23. The van der Waals surface area contributed by atoms with Crippen molar-refractivity contribution in [3.63, 3.8) is 0 Å². The molecule has 0 amide bonds. The van der Waals surface area contributed by atoms with E-state index in [9.17, 15) is 9.59 Å². The molecule has 240 valence electrons. The second kappa shape index (κ2) is 14.6. The summed E-state index contributed by atoms with van der Waals surface area (Å²) in [5.74, 6) is 1.12. The number of halogens is 3. The van der Waals surface area contributed by atoms with Crippen LogP contribution in [0.3, 0.4) is 0 Å². The van der Waals surface area contributed by atoms with E-state index in [1.54, 1.807) is 54.6 Å². The fourth-order valence-corrected chi connectivity index (χ4v) is 6.60. The van der Waals surface area contributed by atoms with E-state index in [4.69, 9.17) is 58.5 Å². The summed E-state index contributed by atoms with van der Waals surface area (Å²) in [6, 6.07) is 13.0. The molecule has 4 aromatic rings. The molecule has 1 aliphatic heterocycles. The van der Waals surface area contributed by atoms with Gasteiger partial charge >= 0.3 is 5.97 Å². The summed E-state index contributed by atoms with van der Waals surface area (Å²) in [7, 11) is 2.77. The van der Waals surface area contributed by atoms with Crippen molar-refractivity contribution in [2.24, 2.45) is 4.99 Å². The predicted octanol–water partition coefficient (Wildman–Crippen LogP) is 6.36. The van der Waals surface area contributed by atoms with Gasteiger partial charge in [-0.1, -0.05) is 58.3 Å². The van der Waals surface area contributed by atoms with E-state index in [1.807, 2.05) is 13.8 Å². The van der Waals surface area contributed by atoms with Gasteiger partial charge in [-0.15, -0.1) is 0 Å². The highest BCUT2D eigenvalue weighted by Gasteiger charge is 2.31. The number of benzene rings is 3. The fraction of sp³-hybridized carbons (Fsp3) is 0.242. The maximum Gasteiger partial charge on any atom is 0.337 e. The number of hydrogen-bond acceptors (Lipinski definition) is 9. The van der Waals surface area contributed by atoms with Gasteiger partial charge in [0.15, 0.2) is 27.8 Å². The topological polar surface area (TPSA) is 97.6 Å². The van der Waals surface area contributed by atoms with Crippen LogP contribution in [0.5, 0.6) is 23.0 Å². The molecule has 0 aliphatic carbocycles. The van der Waals surface area contributed by atoms with Gasteiger partial charge in [0.05, 0.1) is 48.6 Å². The van der Waals surface area contributed by atoms with Crippen LogP contribution < -0.4 is 33.8 Å². The van der Waals surface area contributed by atoms with Crippen molar-refractivity contribution in [1.29, 1.82) is 0 Å². The van der Waals surface area contributed by atoms with Gasteiger partial charge in [-0.3, -0.25) is 9.36 Å². The Morgan fingerprint density at radius 3 is 2.39 bits per heavy atom. The first-order valence-electron chi connectivity index (χ1n) is 14.1. The lowest BCUT2D eigenvalue weighted by Crippen LogP contribution is -2.39. The third-order valence-corrected chi connectivity index (χ3v) is 8.81. The Morgan fingerprint density at radius 2 is 1.70 bits per heavy atom. The molecule has 0 radical (unpaired) electrons. The second-order valence-electron chi connectivity index (χ2n) is 9.81. The third kappa shape index (κ3) is 6.90. The summed E-state index contributed by atoms with van der Waals surface area (Å²) in [5, 5.41) is 1.25. The number of methoxy groups -OCH3 is 2. The molecule has 46 heavy (non-hydrogen) atoms. The molecule has 0 saturated heterocycles. The van der Waals surface area contributed by atoms with Crippen molar-refractivity contribution in [3.05, 3.63) is 112 Å². The van der Waals surface area contributed by atoms with E-state index in [-0.39, 0.29) is 22.8 Å². The molecule has 0 bridgehead atoms. The van der Waals surface area contributed by atoms with E-state index in [1.165, 1.54) is 36.3 Å². The van der Waals surface area contributed by atoms with Crippen molar-refractivity contribution in [1.82, 2.24) is 4.57 Å². The van der Waals surface area contributed by atoms with Crippen LogP contribution >= 0.6 is 46.1 Å². The maximum absolute atomic E-state index is 14.0. The average molecular weight is 704 g/mol. The SMILES string of the molecule is CCOc1ccc([C@@H]2C(C(=O)OC)=CN=c3s/c(=C\c4cc(Cl)c(OCc5ccc(Cl)cc5Cl)c(OC)c4)c(=O)n32)cc1OCC. The van der Waals surface area contributed by atoms with Gasteiger partial charge < -0.3 is 23.7 Å². The van der Waals surface area contributed by atoms with Crippen molar-refractivity contribution in [3.8, 4) is 23.0 Å². The van der Waals surface area contributed by atoms with Gasteiger partial charge in [-0.25, -0.2) is 9.79 Å². The summed E-state index contributed by atoms with van der Waals surface area (Å²) in [6.07, 6.45) is 3.11. The monoisotopic (exact) mass is 702 g/mol. The van der Waals surface area contributed by atoms with E-state index in [0.717, 1.165) is 5.56 Å². The number of esters is 1. The number of thiazole rings is 1. The molecule has 5 rings (SSSR count). The van der Waals surface area contributed by atoms with E-state index >= 15 is 0 Å². The van der Waals surface area contributed by atoms with Gasteiger partial charge in [-0.05, 0) is 67.4 Å². The highest BCUT2D eigenvalue weighted by Crippen LogP contribution is 2.38. The Morgan fingerprint density at radius 1 is 0.935 bits per heavy atom.